The average molecular weight is 339 g/mol. The third kappa shape index (κ3) is 3.80. The quantitative estimate of drug-likeness (QED) is 0.588. The summed E-state index contributed by atoms with van der Waals surface area (Å²) >= 11 is 0. The lowest BCUT2D eigenvalue weighted by atomic mass is 10.0. The fraction of sp³-hybridized carbons (Fsp3) is 0.263. The SMILES string of the molecule is NC(=O)c1ccc2c(c1)CCCCN2Cc1ccc(C(=O)NO)cc1. The maximum atomic E-state index is 11.4. The van der Waals surface area contributed by atoms with E-state index < -0.39 is 11.8 Å². The predicted octanol–water partition coefficient (Wildman–Crippen LogP) is 2.25. The van der Waals surface area contributed by atoms with Crippen LogP contribution in [-0.2, 0) is 13.0 Å². The number of aryl methyl sites for hydroxylation is 1. The molecule has 3 rings (SSSR count). The van der Waals surface area contributed by atoms with Crippen molar-refractivity contribution in [1.29, 1.82) is 0 Å². The lowest BCUT2D eigenvalue weighted by molar-refractivity contribution is 0.0706. The summed E-state index contributed by atoms with van der Waals surface area (Å²) in [6, 6.07) is 12.8. The Balaban J connectivity index is 1.83. The highest BCUT2D eigenvalue weighted by Crippen LogP contribution is 2.28. The minimum absolute atomic E-state index is 0.406. The fourth-order valence-corrected chi connectivity index (χ4v) is 3.20. The van der Waals surface area contributed by atoms with Crippen molar-refractivity contribution in [2.24, 2.45) is 5.73 Å². The van der Waals surface area contributed by atoms with Gasteiger partial charge in [-0.05, 0) is 60.7 Å². The van der Waals surface area contributed by atoms with E-state index in [1.54, 1.807) is 23.7 Å². The molecule has 0 radical (unpaired) electrons. The second kappa shape index (κ2) is 7.36. The van der Waals surface area contributed by atoms with Crippen LogP contribution in [0.1, 0.15) is 44.7 Å². The van der Waals surface area contributed by atoms with Crippen LogP contribution in [0.2, 0.25) is 0 Å². The first-order valence-corrected chi connectivity index (χ1v) is 8.29. The number of nitrogens with one attached hydrogen (secondary N) is 1. The van der Waals surface area contributed by atoms with E-state index in [0.717, 1.165) is 42.6 Å². The number of hydrogen-bond donors (Lipinski definition) is 3. The number of amides is 2. The molecule has 0 aromatic heterocycles. The highest BCUT2D eigenvalue weighted by Gasteiger charge is 2.17. The third-order valence-electron chi connectivity index (χ3n) is 4.52. The van der Waals surface area contributed by atoms with Crippen LogP contribution in [0, 0.1) is 0 Å². The highest BCUT2D eigenvalue weighted by atomic mass is 16.5. The lowest BCUT2D eigenvalue weighted by Crippen LogP contribution is -2.24. The zero-order valence-electron chi connectivity index (χ0n) is 13.9. The molecule has 2 amide bonds. The molecule has 0 atom stereocenters. The van der Waals surface area contributed by atoms with Gasteiger partial charge in [-0.3, -0.25) is 14.8 Å². The molecule has 25 heavy (non-hydrogen) atoms. The highest BCUT2D eigenvalue weighted by molar-refractivity contribution is 5.94. The van der Waals surface area contributed by atoms with Crippen molar-refractivity contribution in [3.63, 3.8) is 0 Å². The van der Waals surface area contributed by atoms with Crippen LogP contribution in [0.3, 0.4) is 0 Å². The van der Waals surface area contributed by atoms with E-state index in [1.165, 1.54) is 0 Å². The van der Waals surface area contributed by atoms with Crippen LogP contribution in [0.25, 0.3) is 0 Å². The average Bonchev–Trinajstić information content (AvgIpc) is 2.83. The number of rotatable bonds is 4. The Bertz CT molecular complexity index is 787. The summed E-state index contributed by atoms with van der Waals surface area (Å²) in [6.07, 6.45) is 3.08. The molecule has 0 unspecified atom stereocenters. The maximum Gasteiger partial charge on any atom is 0.274 e. The molecule has 6 nitrogen and oxygen atoms in total. The Morgan fingerprint density at radius 1 is 1.08 bits per heavy atom. The van der Waals surface area contributed by atoms with E-state index in [2.05, 4.69) is 4.90 Å². The summed E-state index contributed by atoms with van der Waals surface area (Å²) in [6.45, 7) is 1.64. The van der Waals surface area contributed by atoms with E-state index in [1.807, 2.05) is 24.3 Å². The molecule has 0 saturated carbocycles. The molecule has 130 valence electrons. The molecule has 0 bridgehead atoms. The van der Waals surface area contributed by atoms with Crippen LogP contribution in [0.15, 0.2) is 42.5 Å². The van der Waals surface area contributed by atoms with Crippen LogP contribution in [0.4, 0.5) is 5.69 Å². The number of carbonyl (C=O) groups excluding carboxylic acids is 2. The molecule has 4 N–H and O–H groups in total. The number of anilines is 1. The molecule has 1 aliphatic rings. The number of carbonyl (C=O) groups is 2. The van der Waals surface area contributed by atoms with Crippen LogP contribution < -0.4 is 16.1 Å². The number of nitrogens with zero attached hydrogens (tertiary/aromatic N) is 1. The molecular weight excluding hydrogens is 318 g/mol. The van der Waals surface area contributed by atoms with Gasteiger partial charge in [0.15, 0.2) is 0 Å². The standard InChI is InChI=1S/C19H21N3O3/c20-18(23)16-8-9-17-15(11-16)3-1-2-10-22(17)12-13-4-6-14(7-5-13)19(24)21-25/h4-9,11,25H,1-3,10,12H2,(H2,20,23)(H,21,24). The second-order valence-electron chi connectivity index (χ2n) is 6.22. The van der Waals surface area contributed by atoms with Gasteiger partial charge in [-0.25, -0.2) is 5.48 Å². The second-order valence-corrected chi connectivity index (χ2v) is 6.22. The van der Waals surface area contributed by atoms with Gasteiger partial charge in [0.2, 0.25) is 5.91 Å². The minimum Gasteiger partial charge on any atom is -0.367 e. The van der Waals surface area contributed by atoms with Crippen molar-refractivity contribution in [1.82, 2.24) is 5.48 Å². The fourth-order valence-electron chi connectivity index (χ4n) is 3.20. The zero-order valence-corrected chi connectivity index (χ0v) is 13.9. The number of nitrogens with two attached hydrogens (primary N) is 1. The molecular formula is C19H21N3O3. The van der Waals surface area contributed by atoms with Gasteiger partial charge in [-0.2, -0.15) is 0 Å². The van der Waals surface area contributed by atoms with Gasteiger partial charge in [0, 0.05) is 29.9 Å². The molecule has 1 aliphatic heterocycles. The molecule has 0 saturated heterocycles. The summed E-state index contributed by atoms with van der Waals surface area (Å²) in [5.74, 6) is -0.929. The van der Waals surface area contributed by atoms with Gasteiger partial charge in [0.05, 0.1) is 0 Å². The summed E-state index contributed by atoms with van der Waals surface area (Å²) in [7, 11) is 0. The lowest BCUT2D eigenvalue weighted by Gasteiger charge is -2.25. The van der Waals surface area contributed by atoms with Crippen molar-refractivity contribution in [3.05, 3.63) is 64.7 Å². The van der Waals surface area contributed by atoms with Gasteiger partial charge in [-0.15, -0.1) is 0 Å². The normalized spacial score (nSPS) is 13.7. The first-order valence-electron chi connectivity index (χ1n) is 8.29. The van der Waals surface area contributed by atoms with Crippen LogP contribution in [-0.4, -0.2) is 23.6 Å². The van der Waals surface area contributed by atoms with Gasteiger partial charge < -0.3 is 10.6 Å². The van der Waals surface area contributed by atoms with E-state index in [0.29, 0.717) is 17.7 Å². The first-order chi connectivity index (χ1) is 12.1. The van der Waals surface area contributed by atoms with Crippen LogP contribution in [0.5, 0.6) is 0 Å². The maximum absolute atomic E-state index is 11.4. The Hall–Kier alpha value is -2.86. The first kappa shape index (κ1) is 17.0. The number of benzene rings is 2. The van der Waals surface area contributed by atoms with Crippen molar-refractivity contribution in [3.8, 4) is 0 Å². The summed E-state index contributed by atoms with van der Waals surface area (Å²) in [5.41, 5.74) is 11.3. The largest absolute Gasteiger partial charge is 0.367 e. The number of fused-ring (bicyclic) bond motifs is 1. The van der Waals surface area contributed by atoms with E-state index in [-0.39, 0.29) is 0 Å². The van der Waals surface area contributed by atoms with Crippen LogP contribution >= 0.6 is 0 Å². The van der Waals surface area contributed by atoms with E-state index in [4.69, 9.17) is 10.9 Å². The van der Waals surface area contributed by atoms with Gasteiger partial charge in [0.25, 0.3) is 5.91 Å². The van der Waals surface area contributed by atoms with Crippen molar-refractivity contribution in [2.45, 2.75) is 25.8 Å². The topological polar surface area (TPSA) is 95.7 Å². The molecule has 0 aliphatic carbocycles. The molecule has 6 heteroatoms. The Morgan fingerprint density at radius 3 is 2.48 bits per heavy atom. The zero-order chi connectivity index (χ0) is 17.8. The van der Waals surface area contributed by atoms with Gasteiger partial charge in [-0.1, -0.05) is 12.1 Å². The van der Waals surface area contributed by atoms with Gasteiger partial charge >= 0.3 is 0 Å². The Kier molecular flexibility index (Phi) is 5.00. The summed E-state index contributed by atoms with van der Waals surface area (Å²) in [4.78, 5) is 25.1. The van der Waals surface area contributed by atoms with Gasteiger partial charge in [0.1, 0.15) is 0 Å². The monoisotopic (exact) mass is 339 g/mol. The van der Waals surface area contributed by atoms with Crippen molar-refractivity contribution in [2.75, 3.05) is 11.4 Å². The smallest absolute Gasteiger partial charge is 0.274 e. The molecule has 2 aromatic rings. The van der Waals surface area contributed by atoms with Crippen molar-refractivity contribution < 1.29 is 14.8 Å². The van der Waals surface area contributed by atoms with Crippen molar-refractivity contribution >= 4 is 17.5 Å². The Morgan fingerprint density at radius 2 is 1.80 bits per heavy atom. The molecule has 2 aromatic carbocycles. The summed E-state index contributed by atoms with van der Waals surface area (Å²) < 4.78 is 0. The molecule has 0 spiro atoms. The molecule has 0 fully saturated rings. The minimum atomic E-state index is -0.523. The van der Waals surface area contributed by atoms with E-state index in [9.17, 15) is 9.59 Å². The third-order valence-corrected chi connectivity index (χ3v) is 4.52. The summed E-state index contributed by atoms with van der Waals surface area (Å²) in [5, 5.41) is 8.68. The number of hydroxylamine groups is 1. The predicted molar refractivity (Wildman–Crippen MR) is 94.6 cm³/mol. The van der Waals surface area contributed by atoms with E-state index >= 15 is 0 Å². The number of primary amides is 1. The number of hydrogen-bond acceptors (Lipinski definition) is 4. The molecule has 1 heterocycles. The Labute approximate surface area is 146 Å².